The summed E-state index contributed by atoms with van der Waals surface area (Å²) in [5, 5.41) is 0. The van der Waals surface area contributed by atoms with Crippen LogP contribution in [0.1, 0.15) is 0 Å². The van der Waals surface area contributed by atoms with Crippen LogP contribution in [0, 0.1) is 0 Å². The molecule has 0 aliphatic rings. The highest BCUT2D eigenvalue weighted by Crippen LogP contribution is 2.36. The summed E-state index contributed by atoms with van der Waals surface area (Å²) in [6.07, 6.45) is 0. The standard InChI is InChI=1S/C48H30N6O/c1-4-14-31(15-5-1)45-52-46(32-16-6-2-7-17-32)54-47(53-45)38-23-13-22-37(29-38)44-43(49-39-24-10-11-25-40(39)50-44)36-21-12-20-34(28-36)35-26-27-42-41(30-35)51-48(55-42)33-18-8-3-9-19-33/h1-30H. The summed E-state index contributed by atoms with van der Waals surface area (Å²) in [6.45, 7) is 0. The van der Waals surface area contributed by atoms with Crippen molar-refractivity contribution >= 4 is 22.1 Å². The lowest BCUT2D eigenvalue weighted by Crippen LogP contribution is -2.00. The summed E-state index contributed by atoms with van der Waals surface area (Å²) in [4.78, 5) is 30.1. The normalized spacial score (nSPS) is 11.3. The van der Waals surface area contributed by atoms with Gasteiger partial charge >= 0.3 is 0 Å². The van der Waals surface area contributed by atoms with Crippen LogP contribution in [0.4, 0.5) is 0 Å². The molecule has 10 rings (SSSR count). The van der Waals surface area contributed by atoms with Crippen molar-refractivity contribution in [2.24, 2.45) is 0 Å². The van der Waals surface area contributed by atoms with Gasteiger partial charge in [-0.2, -0.15) is 0 Å². The Labute approximate surface area is 316 Å². The van der Waals surface area contributed by atoms with Gasteiger partial charge in [0.05, 0.1) is 22.4 Å². The Morgan fingerprint density at radius 1 is 0.273 bits per heavy atom. The summed E-state index contributed by atoms with van der Waals surface area (Å²) < 4.78 is 6.10. The zero-order chi connectivity index (χ0) is 36.6. The Hall–Kier alpha value is -7.64. The molecule has 0 atom stereocenters. The number of hydrogen-bond acceptors (Lipinski definition) is 7. The minimum atomic E-state index is 0.575. The number of para-hydroxylation sites is 2. The first-order valence-corrected chi connectivity index (χ1v) is 18.0. The Balaban J connectivity index is 1.08. The predicted octanol–water partition coefficient (Wildman–Crippen LogP) is 11.6. The lowest BCUT2D eigenvalue weighted by atomic mass is 9.98. The fraction of sp³-hybridized carbons (Fsp3) is 0. The van der Waals surface area contributed by atoms with Crippen LogP contribution >= 0.6 is 0 Å². The van der Waals surface area contributed by atoms with Gasteiger partial charge in [0, 0.05) is 33.4 Å². The van der Waals surface area contributed by atoms with Crippen molar-refractivity contribution in [2.75, 3.05) is 0 Å². The van der Waals surface area contributed by atoms with E-state index in [9.17, 15) is 0 Å². The molecule has 0 saturated heterocycles. The summed E-state index contributed by atoms with van der Waals surface area (Å²) >= 11 is 0. The maximum Gasteiger partial charge on any atom is 0.227 e. The first-order chi connectivity index (χ1) is 27.2. The summed E-state index contributed by atoms with van der Waals surface area (Å²) in [6, 6.07) is 60.7. The lowest BCUT2D eigenvalue weighted by molar-refractivity contribution is 0.620. The van der Waals surface area contributed by atoms with Crippen LogP contribution in [0.5, 0.6) is 0 Å². The quantitative estimate of drug-likeness (QED) is 0.163. The molecule has 0 aliphatic carbocycles. The van der Waals surface area contributed by atoms with Gasteiger partial charge in [-0.25, -0.2) is 29.9 Å². The maximum atomic E-state index is 6.10. The smallest absolute Gasteiger partial charge is 0.227 e. The second-order valence-electron chi connectivity index (χ2n) is 13.2. The highest BCUT2D eigenvalue weighted by Gasteiger charge is 2.18. The lowest BCUT2D eigenvalue weighted by Gasteiger charge is -2.13. The summed E-state index contributed by atoms with van der Waals surface area (Å²) in [5.41, 5.74) is 12.2. The number of fused-ring (bicyclic) bond motifs is 2. The maximum absolute atomic E-state index is 6.10. The molecule has 0 aliphatic heterocycles. The number of oxazole rings is 1. The molecule has 7 nitrogen and oxygen atoms in total. The minimum absolute atomic E-state index is 0.575. The molecule has 55 heavy (non-hydrogen) atoms. The zero-order valence-electron chi connectivity index (χ0n) is 29.4. The Kier molecular flexibility index (Phi) is 8.00. The fourth-order valence-corrected chi connectivity index (χ4v) is 6.80. The average molecular weight is 707 g/mol. The zero-order valence-corrected chi connectivity index (χ0v) is 29.4. The van der Waals surface area contributed by atoms with Crippen LogP contribution in [-0.2, 0) is 0 Å². The topological polar surface area (TPSA) is 90.5 Å². The molecule has 0 spiro atoms. The van der Waals surface area contributed by atoms with E-state index in [-0.39, 0.29) is 0 Å². The van der Waals surface area contributed by atoms with Gasteiger partial charge in [0.2, 0.25) is 5.89 Å². The van der Waals surface area contributed by atoms with Gasteiger partial charge in [0.1, 0.15) is 5.52 Å². The second-order valence-corrected chi connectivity index (χ2v) is 13.2. The first kappa shape index (κ1) is 32.0. The van der Waals surface area contributed by atoms with E-state index in [0.717, 1.165) is 78.0 Å². The fourth-order valence-electron chi connectivity index (χ4n) is 6.80. The molecule has 10 aromatic rings. The third kappa shape index (κ3) is 6.30. The Morgan fingerprint density at radius 3 is 1.29 bits per heavy atom. The van der Waals surface area contributed by atoms with Crippen LogP contribution in [0.15, 0.2) is 186 Å². The van der Waals surface area contributed by atoms with Gasteiger partial charge < -0.3 is 4.42 Å². The van der Waals surface area contributed by atoms with E-state index in [2.05, 4.69) is 48.5 Å². The van der Waals surface area contributed by atoms with Crippen molar-refractivity contribution in [3.63, 3.8) is 0 Å². The third-order valence-electron chi connectivity index (χ3n) is 9.54. The highest BCUT2D eigenvalue weighted by molar-refractivity contribution is 5.89. The van der Waals surface area contributed by atoms with Crippen molar-refractivity contribution in [3.05, 3.63) is 182 Å². The number of hydrogen-bond donors (Lipinski definition) is 0. The van der Waals surface area contributed by atoms with E-state index < -0.39 is 0 Å². The molecule has 3 heterocycles. The summed E-state index contributed by atoms with van der Waals surface area (Å²) in [7, 11) is 0. The van der Waals surface area contributed by atoms with E-state index in [1.807, 2.05) is 133 Å². The Morgan fingerprint density at radius 2 is 0.709 bits per heavy atom. The van der Waals surface area contributed by atoms with Crippen LogP contribution in [0.25, 0.3) is 101 Å². The average Bonchev–Trinajstić information content (AvgIpc) is 3.71. The summed E-state index contributed by atoms with van der Waals surface area (Å²) in [5.74, 6) is 2.39. The van der Waals surface area contributed by atoms with Gasteiger partial charge in [-0.05, 0) is 59.7 Å². The molecule has 0 N–H and O–H groups in total. The van der Waals surface area contributed by atoms with E-state index in [1.165, 1.54) is 0 Å². The minimum Gasteiger partial charge on any atom is -0.436 e. The van der Waals surface area contributed by atoms with Gasteiger partial charge in [0.25, 0.3) is 0 Å². The van der Waals surface area contributed by atoms with E-state index >= 15 is 0 Å². The molecule has 0 fully saturated rings. The molecule has 0 saturated carbocycles. The molecular weight excluding hydrogens is 677 g/mol. The predicted molar refractivity (Wildman–Crippen MR) is 219 cm³/mol. The van der Waals surface area contributed by atoms with Gasteiger partial charge in [-0.1, -0.05) is 133 Å². The Bertz CT molecular complexity index is 2920. The van der Waals surface area contributed by atoms with Crippen LogP contribution in [0.3, 0.4) is 0 Å². The largest absolute Gasteiger partial charge is 0.436 e. The molecule has 0 radical (unpaired) electrons. The van der Waals surface area contributed by atoms with Crippen molar-refractivity contribution in [1.82, 2.24) is 29.9 Å². The molecular formula is C48H30N6O. The molecule has 7 aromatic carbocycles. The van der Waals surface area contributed by atoms with Crippen molar-refractivity contribution in [3.8, 4) is 79.3 Å². The van der Waals surface area contributed by atoms with Crippen molar-refractivity contribution < 1.29 is 4.42 Å². The second kappa shape index (κ2) is 13.7. The highest BCUT2D eigenvalue weighted by atomic mass is 16.3. The van der Waals surface area contributed by atoms with Gasteiger partial charge in [0.15, 0.2) is 23.1 Å². The molecule has 3 aromatic heterocycles. The molecule has 7 heteroatoms. The van der Waals surface area contributed by atoms with Crippen LogP contribution < -0.4 is 0 Å². The first-order valence-electron chi connectivity index (χ1n) is 18.0. The molecule has 0 unspecified atom stereocenters. The van der Waals surface area contributed by atoms with E-state index in [4.69, 9.17) is 34.3 Å². The number of benzene rings is 7. The van der Waals surface area contributed by atoms with Crippen molar-refractivity contribution in [1.29, 1.82) is 0 Å². The SMILES string of the molecule is c1ccc(-c2nc(-c3ccccc3)nc(-c3cccc(-c4nc5ccccc5nc4-c4cccc(-c5ccc6oc(-c7ccccc7)nc6c5)c4)c3)n2)cc1. The van der Waals surface area contributed by atoms with Crippen LogP contribution in [-0.4, -0.2) is 29.9 Å². The van der Waals surface area contributed by atoms with Crippen LogP contribution in [0.2, 0.25) is 0 Å². The van der Waals surface area contributed by atoms with Gasteiger partial charge in [-0.3, -0.25) is 0 Å². The van der Waals surface area contributed by atoms with Gasteiger partial charge in [-0.15, -0.1) is 0 Å². The molecule has 0 amide bonds. The number of rotatable bonds is 7. The van der Waals surface area contributed by atoms with E-state index in [0.29, 0.717) is 23.4 Å². The molecule has 258 valence electrons. The monoisotopic (exact) mass is 706 g/mol. The number of aromatic nitrogens is 6. The molecule has 0 bridgehead atoms. The third-order valence-corrected chi connectivity index (χ3v) is 9.54. The van der Waals surface area contributed by atoms with E-state index in [1.54, 1.807) is 0 Å². The number of nitrogens with zero attached hydrogens (tertiary/aromatic N) is 6. The van der Waals surface area contributed by atoms with Crippen molar-refractivity contribution in [2.45, 2.75) is 0 Å².